The van der Waals surface area contributed by atoms with E-state index in [0.29, 0.717) is 43.1 Å². The average Bonchev–Trinajstić information content (AvgIpc) is 3.53. The molecule has 4 heterocycles. The van der Waals surface area contributed by atoms with E-state index in [0.717, 1.165) is 44.1 Å². The molecule has 3 saturated carbocycles. The van der Waals surface area contributed by atoms with Gasteiger partial charge in [0.2, 0.25) is 0 Å². The zero-order valence-electron chi connectivity index (χ0n) is 29.8. The van der Waals surface area contributed by atoms with Gasteiger partial charge in [0, 0.05) is 24.2 Å². The molecule has 7 fully saturated rings. The van der Waals surface area contributed by atoms with Crippen LogP contribution in [0.3, 0.4) is 0 Å². The van der Waals surface area contributed by atoms with Gasteiger partial charge in [-0.15, -0.1) is 0 Å². The zero-order chi connectivity index (χ0) is 35.5. The van der Waals surface area contributed by atoms with Crippen molar-refractivity contribution >= 4 is 0 Å². The molecular weight excluding hydrogens is 648 g/mol. The van der Waals surface area contributed by atoms with Crippen LogP contribution < -0.4 is 0 Å². The predicted molar refractivity (Wildman–Crippen MR) is 177 cm³/mol. The largest absolute Gasteiger partial charge is 0.393 e. The van der Waals surface area contributed by atoms with Gasteiger partial charge in [-0.05, 0) is 74.5 Å². The molecule has 12 heteroatoms. The molecule has 1 spiro atoms. The van der Waals surface area contributed by atoms with Crippen molar-refractivity contribution in [1.82, 2.24) is 0 Å². The lowest BCUT2D eigenvalue weighted by Gasteiger charge is -2.60. The number of aliphatic hydroxyl groups is 6. The van der Waals surface area contributed by atoms with Gasteiger partial charge in [0.1, 0.15) is 36.6 Å². The molecule has 4 saturated heterocycles. The van der Waals surface area contributed by atoms with E-state index < -0.39 is 78.7 Å². The molecule has 0 amide bonds. The third kappa shape index (κ3) is 5.38. The Labute approximate surface area is 294 Å². The maximum Gasteiger partial charge on any atom is 0.187 e. The maximum atomic E-state index is 11.1. The Morgan fingerprint density at radius 1 is 0.900 bits per heavy atom. The first-order valence-electron chi connectivity index (χ1n) is 19.0. The molecule has 0 aromatic heterocycles. The molecule has 8 aliphatic rings. The summed E-state index contributed by atoms with van der Waals surface area (Å²) in [6, 6.07) is 0. The van der Waals surface area contributed by atoms with E-state index in [-0.39, 0.29) is 24.0 Å². The van der Waals surface area contributed by atoms with Crippen molar-refractivity contribution in [3.05, 3.63) is 23.8 Å². The molecule has 282 valence electrons. The number of aliphatic hydroxyl groups excluding tert-OH is 6. The molecule has 0 radical (unpaired) electrons. The molecule has 6 N–H and O–H groups in total. The molecule has 0 aromatic rings. The molecule has 12 nitrogen and oxygen atoms in total. The fourth-order valence-corrected chi connectivity index (χ4v) is 12.2. The highest BCUT2D eigenvalue weighted by molar-refractivity contribution is 5.29. The summed E-state index contributed by atoms with van der Waals surface area (Å²) in [5.74, 6) is 1.34. The lowest BCUT2D eigenvalue weighted by molar-refractivity contribution is -0.362. The summed E-state index contributed by atoms with van der Waals surface area (Å²) in [5.41, 5.74) is 2.01. The second-order valence-corrected chi connectivity index (χ2v) is 17.5. The van der Waals surface area contributed by atoms with Gasteiger partial charge >= 0.3 is 0 Å². The number of hydrogen-bond donors (Lipinski definition) is 6. The van der Waals surface area contributed by atoms with Gasteiger partial charge in [-0.3, -0.25) is 0 Å². The highest BCUT2D eigenvalue weighted by Crippen LogP contribution is 2.71. The lowest BCUT2D eigenvalue weighted by atomic mass is 9.46. The first kappa shape index (κ1) is 36.0. The summed E-state index contributed by atoms with van der Waals surface area (Å²) in [5, 5.41) is 64.1. The summed E-state index contributed by atoms with van der Waals surface area (Å²) in [6.45, 7) is 13.1. The van der Waals surface area contributed by atoms with E-state index in [1.165, 1.54) is 5.57 Å². The van der Waals surface area contributed by atoms with Crippen LogP contribution >= 0.6 is 0 Å². The van der Waals surface area contributed by atoms with E-state index in [4.69, 9.17) is 28.4 Å². The van der Waals surface area contributed by atoms with Crippen LogP contribution in [0.5, 0.6) is 0 Å². The third-order valence-corrected chi connectivity index (χ3v) is 15.0. The Morgan fingerprint density at radius 2 is 1.68 bits per heavy atom. The molecule has 0 bridgehead atoms. The summed E-state index contributed by atoms with van der Waals surface area (Å²) < 4.78 is 37.9. The Hall–Kier alpha value is -1.00. The number of rotatable bonds is 4. The van der Waals surface area contributed by atoms with Gasteiger partial charge in [0.15, 0.2) is 18.4 Å². The summed E-state index contributed by atoms with van der Waals surface area (Å²) in [7, 11) is 0. The first-order valence-corrected chi connectivity index (χ1v) is 19.0. The van der Waals surface area contributed by atoms with Crippen LogP contribution in [0, 0.1) is 40.4 Å². The second-order valence-electron chi connectivity index (χ2n) is 17.5. The highest BCUT2D eigenvalue weighted by atomic mass is 16.8. The van der Waals surface area contributed by atoms with Crippen LogP contribution in [0.25, 0.3) is 0 Å². The molecule has 4 aliphatic heterocycles. The van der Waals surface area contributed by atoms with Gasteiger partial charge in [-0.25, -0.2) is 0 Å². The van der Waals surface area contributed by atoms with Crippen LogP contribution in [0.2, 0.25) is 0 Å². The Morgan fingerprint density at radius 3 is 2.42 bits per heavy atom. The van der Waals surface area contributed by atoms with Crippen molar-refractivity contribution in [3.8, 4) is 0 Å². The quantitative estimate of drug-likeness (QED) is 0.235. The summed E-state index contributed by atoms with van der Waals surface area (Å²) >= 11 is 0. The smallest absolute Gasteiger partial charge is 0.187 e. The van der Waals surface area contributed by atoms with Crippen LogP contribution in [0.15, 0.2) is 23.8 Å². The maximum absolute atomic E-state index is 11.1. The first-order chi connectivity index (χ1) is 23.7. The Balaban J connectivity index is 1.04. The normalized spacial score (nSPS) is 57.8. The minimum Gasteiger partial charge on any atom is -0.393 e. The minimum atomic E-state index is -1.61. The van der Waals surface area contributed by atoms with Gasteiger partial charge in [-0.2, -0.15) is 0 Å². The van der Waals surface area contributed by atoms with Gasteiger partial charge in [0.05, 0.1) is 37.6 Å². The summed E-state index contributed by atoms with van der Waals surface area (Å²) in [4.78, 5) is 0. The molecule has 50 heavy (non-hydrogen) atoms. The predicted octanol–water partition coefficient (Wildman–Crippen LogP) is 1.92. The van der Waals surface area contributed by atoms with Crippen molar-refractivity contribution in [2.24, 2.45) is 40.4 Å². The molecule has 4 aliphatic carbocycles. The number of fused-ring (bicyclic) bond motifs is 7. The van der Waals surface area contributed by atoms with Crippen molar-refractivity contribution < 1.29 is 59.1 Å². The van der Waals surface area contributed by atoms with E-state index in [2.05, 4.69) is 33.4 Å². The van der Waals surface area contributed by atoms with Crippen LogP contribution in [-0.4, -0.2) is 123 Å². The third-order valence-electron chi connectivity index (χ3n) is 15.0. The van der Waals surface area contributed by atoms with Crippen LogP contribution in [-0.2, 0) is 28.4 Å². The van der Waals surface area contributed by atoms with Crippen molar-refractivity contribution in [1.29, 1.82) is 0 Å². The minimum absolute atomic E-state index is 0.112. The molecular formula is C38H58O12. The van der Waals surface area contributed by atoms with Gasteiger partial charge < -0.3 is 59.1 Å². The topological polar surface area (TPSA) is 177 Å². The van der Waals surface area contributed by atoms with Crippen molar-refractivity contribution in [2.75, 3.05) is 13.2 Å². The van der Waals surface area contributed by atoms with Crippen molar-refractivity contribution in [2.45, 2.75) is 158 Å². The standard InChI is InChI=1S/C38H58O12/c1-17-8-11-38(46-15-17)18(2)28-26(50-38)14-24-22-7-6-20-12-21(39)13-27(37(20,5)23(22)9-10-36(24,28)4)48-35-33(30(42)25(40)16-45-35)49-34-32(44)31(43)29(41)19(3)47-34/h6,18-19,21-35,39-44H,1,7-16H2,2-5H3. The second kappa shape index (κ2) is 12.8. The van der Waals surface area contributed by atoms with Crippen LogP contribution in [0.1, 0.15) is 79.1 Å². The lowest BCUT2D eigenvalue weighted by Crippen LogP contribution is -2.63. The molecule has 20 unspecified atom stereocenters. The van der Waals surface area contributed by atoms with E-state index >= 15 is 0 Å². The number of allylic oxidation sites excluding steroid dienone is 1. The summed E-state index contributed by atoms with van der Waals surface area (Å²) in [6.07, 6.45) is -3.73. The van der Waals surface area contributed by atoms with E-state index in [9.17, 15) is 30.6 Å². The number of hydrogen-bond acceptors (Lipinski definition) is 12. The Bertz CT molecular complexity index is 1330. The van der Waals surface area contributed by atoms with E-state index in [1.807, 2.05) is 0 Å². The van der Waals surface area contributed by atoms with Gasteiger partial charge in [-0.1, -0.05) is 44.6 Å². The Kier molecular flexibility index (Phi) is 9.22. The fourth-order valence-electron chi connectivity index (χ4n) is 12.2. The zero-order valence-corrected chi connectivity index (χ0v) is 29.8. The van der Waals surface area contributed by atoms with E-state index in [1.54, 1.807) is 6.92 Å². The monoisotopic (exact) mass is 706 g/mol. The molecule has 8 rings (SSSR count). The molecule has 20 atom stereocenters. The highest BCUT2D eigenvalue weighted by Gasteiger charge is 2.69. The van der Waals surface area contributed by atoms with Crippen LogP contribution in [0.4, 0.5) is 0 Å². The van der Waals surface area contributed by atoms with Crippen molar-refractivity contribution in [3.63, 3.8) is 0 Å². The number of ether oxygens (including phenoxy) is 6. The fraction of sp³-hybridized carbons (Fsp3) is 0.895. The average molecular weight is 707 g/mol. The molecule has 0 aromatic carbocycles. The van der Waals surface area contributed by atoms with Gasteiger partial charge in [0.25, 0.3) is 0 Å². The SMILES string of the molecule is C=C1CCC2(OC1)OC1CC3C4CC=C5CC(O)CC(OC6OCC(O)C(O)C6OC6OC(C)C(O)C(O)C6O)C5(C)C4CCC3(C)C1C2C.